The first-order valence-corrected chi connectivity index (χ1v) is 7.87. The summed E-state index contributed by atoms with van der Waals surface area (Å²) in [6.45, 7) is 0. The molecule has 2 aliphatic carbocycles. The van der Waals surface area contributed by atoms with Crippen LogP contribution in [0.4, 0.5) is 0 Å². The van der Waals surface area contributed by atoms with E-state index in [4.69, 9.17) is 0 Å². The summed E-state index contributed by atoms with van der Waals surface area (Å²) in [4.78, 5) is 32.4. The van der Waals surface area contributed by atoms with E-state index in [1.54, 1.807) is 16.9 Å². The number of imidazole rings is 1. The Morgan fingerprint density at radius 3 is 2.91 bits per heavy atom. The van der Waals surface area contributed by atoms with E-state index in [9.17, 15) is 9.59 Å². The molecule has 7 heteroatoms. The second kappa shape index (κ2) is 4.41. The number of H-pyrrole nitrogens is 2. The third kappa shape index (κ3) is 2.03. The summed E-state index contributed by atoms with van der Waals surface area (Å²) in [5, 5.41) is 4.46. The summed E-state index contributed by atoms with van der Waals surface area (Å²) < 4.78 is 1.72. The molecule has 116 valence electrons. The second-order valence-corrected chi connectivity index (χ2v) is 6.51. The van der Waals surface area contributed by atoms with E-state index < -0.39 is 11.2 Å². The van der Waals surface area contributed by atoms with Crippen LogP contribution in [0, 0.1) is 11.8 Å². The molecule has 0 saturated heterocycles. The van der Waals surface area contributed by atoms with Gasteiger partial charge in [-0.1, -0.05) is 0 Å². The molecule has 23 heavy (non-hydrogen) atoms. The molecule has 0 aromatic carbocycles. The van der Waals surface area contributed by atoms with Crippen LogP contribution >= 0.6 is 0 Å². The number of hydrogen-bond donors (Lipinski definition) is 2. The van der Waals surface area contributed by atoms with E-state index >= 15 is 0 Å². The zero-order valence-electron chi connectivity index (χ0n) is 12.3. The van der Waals surface area contributed by atoms with Gasteiger partial charge in [0.15, 0.2) is 5.65 Å². The molecule has 2 aliphatic rings. The van der Waals surface area contributed by atoms with Gasteiger partial charge in [0.1, 0.15) is 0 Å². The van der Waals surface area contributed by atoms with E-state index in [1.807, 2.05) is 6.07 Å². The van der Waals surface area contributed by atoms with Crippen molar-refractivity contribution < 1.29 is 0 Å². The van der Waals surface area contributed by atoms with Crippen molar-refractivity contribution in [1.82, 2.24) is 24.6 Å². The van der Waals surface area contributed by atoms with Gasteiger partial charge in [0.05, 0.1) is 11.3 Å². The molecular weight excluding hydrogens is 294 g/mol. The summed E-state index contributed by atoms with van der Waals surface area (Å²) in [5.74, 6) is 2.12. The molecule has 0 amide bonds. The number of rotatable bonds is 3. The Kier molecular flexibility index (Phi) is 2.45. The quantitative estimate of drug-likeness (QED) is 0.762. The molecule has 2 N–H and O–H groups in total. The monoisotopic (exact) mass is 309 g/mol. The molecule has 2 saturated carbocycles. The van der Waals surface area contributed by atoms with Crippen LogP contribution in [0.5, 0.6) is 0 Å². The fraction of sp³-hybridized carbons (Fsp3) is 0.375. The second-order valence-electron chi connectivity index (χ2n) is 6.51. The molecule has 3 aromatic rings. The van der Waals surface area contributed by atoms with Crippen LogP contribution in [0.2, 0.25) is 0 Å². The maximum atomic E-state index is 12.1. The highest BCUT2D eigenvalue weighted by molar-refractivity contribution is 5.63. The van der Waals surface area contributed by atoms with Gasteiger partial charge in [-0.25, -0.2) is 14.3 Å². The fourth-order valence-electron chi connectivity index (χ4n) is 3.56. The van der Waals surface area contributed by atoms with Gasteiger partial charge in [-0.05, 0) is 43.1 Å². The fourth-order valence-corrected chi connectivity index (χ4v) is 3.56. The first-order valence-electron chi connectivity index (χ1n) is 7.87. The predicted molar refractivity (Wildman–Crippen MR) is 83.2 cm³/mol. The maximum Gasteiger partial charge on any atom is 0.325 e. The number of aromatic nitrogens is 5. The Labute approximate surface area is 130 Å². The molecule has 7 nitrogen and oxygen atoms in total. The van der Waals surface area contributed by atoms with Crippen molar-refractivity contribution in [2.45, 2.75) is 25.2 Å². The average Bonchev–Trinajstić information content (AvgIpc) is 3.42. The minimum Gasteiger partial charge on any atom is -0.313 e. The number of aromatic amines is 2. The summed E-state index contributed by atoms with van der Waals surface area (Å²) >= 11 is 0. The zero-order chi connectivity index (χ0) is 15.6. The van der Waals surface area contributed by atoms with Crippen LogP contribution in [0.1, 0.15) is 30.7 Å². The molecule has 5 rings (SSSR count). The Balaban J connectivity index is 1.67. The molecule has 2 atom stereocenters. The van der Waals surface area contributed by atoms with Gasteiger partial charge in [-0.3, -0.25) is 9.78 Å². The van der Waals surface area contributed by atoms with E-state index in [2.05, 4.69) is 20.1 Å². The van der Waals surface area contributed by atoms with Gasteiger partial charge in [-0.15, -0.1) is 0 Å². The lowest BCUT2D eigenvalue weighted by Crippen LogP contribution is -2.23. The number of nitrogens with zero attached hydrogens (tertiary/aromatic N) is 3. The van der Waals surface area contributed by atoms with Gasteiger partial charge in [0.25, 0.3) is 5.56 Å². The highest BCUT2D eigenvalue weighted by atomic mass is 16.2. The SMILES string of the molecule is O=c1[nH]cc(-c2cc([C@H]3C[C@@H]3C3CC3)c3nccn3n2)c(=O)[nH]1. The molecule has 0 spiro atoms. The van der Waals surface area contributed by atoms with Crippen LogP contribution in [0.3, 0.4) is 0 Å². The lowest BCUT2D eigenvalue weighted by molar-refractivity contribution is 0.689. The molecular formula is C16H15N5O2. The number of fused-ring (bicyclic) bond motifs is 1. The molecule has 0 radical (unpaired) electrons. The minimum atomic E-state index is -0.515. The average molecular weight is 309 g/mol. The highest BCUT2D eigenvalue weighted by Gasteiger charge is 2.49. The molecule has 3 aromatic heterocycles. The van der Waals surface area contributed by atoms with Crippen molar-refractivity contribution in [3.8, 4) is 11.3 Å². The number of hydrogen-bond acceptors (Lipinski definition) is 4. The van der Waals surface area contributed by atoms with E-state index in [1.165, 1.54) is 25.5 Å². The topological polar surface area (TPSA) is 95.9 Å². The number of nitrogens with one attached hydrogen (secondary N) is 2. The smallest absolute Gasteiger partial charge is 0.313 e. The van der Waals surface area contributed by atoms with Gasteiger partial charge in [-0.2, -0.15) is 5.10 Å². The molecule has 3 heterocycles. The van der Waals surface area contributed by atoms with Crippen LogP contribution < -0.4 is 11.2 Å². The Morgan fingerprint density at radius 1 is 1.26 bits per heavy atom. The van der Waals surface area contributed by atoms with Crippen molar-refractivity contribution in [3.63, 3.8) is 0 Å². The Bertz CT molecular complexity index is 1030. The van der Waals surface area contributed by atoms with E-state index in [0.29, 0.717) is 17.2 Å². The third-order valence-corrected chi connectivity index (χ3v) is 4.95. The summed E-state index contributed by atoms with van der Waals surface area (Å²) in [6.07, 6.45) is 8.80. The van der Waals surface area contributed by atoms with Gasteiger partial charge < -0.3 is 4.98 Å². The summed E-state index contributed by atoms with van der Waals surface area (Å²) in [5.41, 5.74) is 2.00. The molecule has 0 bridgehead atoms. The minimum absolute atomic E-state index is 0.366. The highest BCUT2D eigenvalue weighted by Crippen LogP contribution is 2.59. The van der Waals surface area contributed by atoms with Gasteiger partial charge in [0, 0.05) is 24.2 Å². The first kappa shape index (κ1) is 12.8. The van der Waals surface area contributed by atoms with Crippen LogP contribution in [-0.4, -0.2) is 24.6 Å². The first-order chi connectivity index (χ1) is 11.2. The van der Waals surface area contributed by atoms with Crippen LogP contribution in [0.25, 0.3) is 16.9 Å². The Hall–Kier alpha value is -2.70. The van der Waals surface area contributed by atoms with E-state index in [-0.39, 0.29) is 0 Å². The lowest BCUT2D eigenvalue weighted by atomic mass is 10.1. The van der Waals surface area contributed by atoms with Crippen molar-refractivity contribution in [2.75, 3.05) is 0 Å². The van der Waals surface area contributed by atoms with Crippen molar-refractivity contribution in [2.24, 2.45) is 11.8 Å². The predicted octanol–water partition coefficient (Wildman–Crippen LogP) is 1.29. The molecule has 0 unspecified atom stereocenters. The van der Waals surface area contributed by atoms with Gasteiger partial charge >= 0.3 is 5.69 Å². The summed E-state index contributed by atoms with van der Waals surface area (Å²) in [6, 6.07) is 1.96. The van der Waals surface area contributed by atoms with Crippen molar-refractivity contribution in [1.29, 1.82) is 0 Å². The lowest BCUT2D eigenvalue weighted by Gasteiger charge is -2.07. The zero-order valence-corrected chi connectivity index (χ0v) is 12.3. The maximum absolute atomic E-state index is 12.1. The molecule has 0 aliphatic heterocycles. The summed E-state index contributed by atoms with van der Waals surface area (Å²) in [7, 11) is 0. The van der Waals surface area contributed by atoms with E-state index in [0.717, 1.165) is 23.0 Å². The van der Waals surface area contributed by atoms with Crippen molar-refractivity contribution in [3.05, 3.63) is 51.1 Å². The van der Waals surface area contributed by atoms with Gasteiger partial charge in [0.2, 0.25) is 0 Å². The normalized spacial score (nSPS) is 23.3. The molecule has 2 fully saturated rings. The standard InChI is InChI=1S/C16H15N5O2/c22-15-12(7-18-16(23)19-15)13-6-11(10-5-9(10)8-1-2-8)14-17-3-4-21(14)20-13/h3-4,6-10H,1-2,5H2,(H2,18,19,22,23)/t9-,10+/m1/s1. The van der Waals surface area contributed by atoms with Crippen molar-refractivity contribution >= 4 is 5.65 Å². The third-order valence-electron chi connectivity index (χ3n) is 4.95. The largest absolute Gasteiger partial charge is 0.325 e. The van der Waals surface area contributed by atoms with Crippen LogP contribution in [0.15, 0.2) is 34.2 Å². The van der Waals surface area contributed by atoms with Crippen LogP contribution in [-0.2, 0) is 0 Å². The Morgan fingerprint density at radius 2 is 2.13 bits per heavy atom.